The number of fused-ring (bicyclic) bond motifs is 1. The molecule has 5 nitrogen and oxygen atoms in total. The highest BCUT2D eigenvalue weighted by atomic mass is 35.5. The fraction of sp³-hybridized carbons (Fsp3) is 0.481. The molecule has 6 rings (SSSR count). The lowest BCUT2D eigenvalue weighted by molar-refractivity contribution is 0.198. The first-order valence-electron chi connectivity index (χ1n) is 12.4. The van der Waals surface area contributed by atoms with Crippen molar-refractivity contribution in [3.8, 4) is 0 Å². The predicted octanol–water partition coefficient (Wildman–Crippen LogP) is 5.51. The summed E-state index contributed by atoms with van der Waals surface area (Å²) in [6, 6.07) is 12.6. The number of hydrogen-bond acceptors (Lipinski definition) is 5. The lowest BCUT2D eigenvalue weighted by Crippen LogP contribution is -2.34. The first kappa shape index (κ1) is 22.1. The van der Waals surface area contributed by atoms with E-state index in [2.05, 4.69) is 52.0 Å². The summed E-state index contributed by atoms with van der Waals surface area (Å²) in [6.07, 6.45) is 3.41. The molecule has 3 heterocycles. The maximum Gasteiger partial charge on any atom is 0.170 e. The molecule has 2 aliphatic heterocycles. The molecule has 0 unspecified atom stereocenters. The monoisotopic (exact) mass is 480 g/mol. The number of benzene rings is 2. The van der Waals surface area contributed by atoms with Crippen LogP contribution in [-0.4, -0.2) is 47.4 Å². The third-order valence-electron chi connectivity index (χ3n) is 7.76. The lowest BCUT2D eigenvalue weighted by Gasteiger charge is -2.34. The summed E-state index contributed by atoms with van der Waals surface area (Å²) in [5.74, 6) is 1.57. The topological polar surface area (TPSA) is 52.5 Å². The van der Waals surface area contributed by atoms with Gasteiger partial charge in [-0.05, 0) is 68.2 Å². The molecule has 0 bridgehead atoms. The van der Waals surface area contributed by atoms with E-state index in [1.807, 2.05) is 6.07 Å². The van der Waals surface area contributed by atoms with Crippen LogP contribution in [0.1, 0.15) is 55.0 Å². The second-order valence-electron chi connectivity index (χ2n) is 10.2. The van der Waals surface area contributed by atoms with Crippen molar-refractivity contribution in [3.63, 3.8) is 0 Å². The van der Waals surface area contributed by atoms with Gasteiger partial charge in [0.25, 0.3) is 0 Å². The lowest BCUT2D eigenvalue weighted by atomic mass is 9.87. The quantitative estimate of drug-likeness (QED) is 0.534. The van der Waals surface area contributed by atoms with Crippen molar-refractivity contribution in [2.24, 2.45) is 0 Å². The summed E-state index contributed by atoms with van der Waals surface area (Å²) in [6.45, 7) is 5.27. The zero-order valence-electron chi connectivity index (χ0n) is 19.5. The van der Waals surface area contributed by atoms with Crippen LogP contribution in [-0.2, 0) is 5.67 Å². The van der Waals surface area contributed by atoms with Crippen LogP contribution in [0.2, 0.25) is 5.02 Å². The van der Waals surface area contributed by atoms with Gasteiger partial charge < -0.3 is 14.9 Å². The molecule has 3 aliphatic rings. The first-order valence-corrected chi connectivity index (χ1v) is 12.7. The molecule has 3 aromatic rings. The highest BCUT2D eigenvalue weighted by Gasteiger charge is 2.48. The Balaban J connectivity index is 1.38. The van der Waals surface area contributed by atoms with Crippen molar-refractivity contribution in [3.05, 3.63) is 58.4 Å². The van der Waals surface area contributed by atoms with Crippen LogP contribution in [0.5, 0.6) is 0 Å². The number of aliphatic hydroxyl groups is 1. The third kappa shape index (κ3) is 3.91. The summed E-state index contributed by atoms with van der Waals surface area (Å²) in [4.78, 5) is 13.9. The number of halogens is 2. The van der Waals surface area contributed by atoms with Crippen LogP contribution in [0.4, 0.5) is 15.9 Å². The number of β-amino-alcohol motifs (C(OH)–C–C–N with tert-alkyl or cyclic N) is 1. The zero-order valence-corrected chi connectivity index (χ0v) is 20.2. The smallest absolute Gasteiger partial charge is 0.170 e. The molecule has 3 fully saturated rings. The molecule has 0 spiro atoms. The van der Waals surface area contributed by atoms with E-state index in [0.717, 1.165) is 55.8 Å². The van der Waals surface area contributed by atoms with Gasteiger partial charge in [-0.25, -0.2) is 14.4 Å². The molecule has 1 N–H and O–H groups in total. The Morgan fingerprint density at radius 1 is 1.03 bits per heavy atom. The second kappa shape index (κ2) is 8.35. The number of aliphatic hydroxyl groups excluding tert-OH is 1. The normalized spacial score (nSPS) is 22.5. The summed E-state index contributed by atoms with van der Waals surface area (Å²) in [5.41, 5.74) is 2.92. The van der Waals surface area contributed by atoms with Crippen LogP contribution >= 0.6 is 11.6 Å². The predicted molar refractivity (Wildman–Crippen MR) is 135 cm³/mol. The Morgan fingerprint density at radius 3 is 2.44 bits per heavy atom. The number of hydrogen-bond donors (Lipinski definition) is 1. The first-order chi connectivity index (χ1) is 16.4. The van der Waals surface area contributed by atoms with E-state index in [0.29, 0.717) is 35.8 Å². The molecule has 0 radical (unpaired) electrons. The van der Waals surface area contributed by atoms with Gasteiger partial charge >= 0.3 is 0 Å². The minimum Gasteiger partial charge on any atom is -0.391 e. The maximum atomic E-state index is 15.1. The van der Waals surface area contributed by atoms with Gasteiger partial charge in [-0.1, -0.05) is 35.9 Å². The Bertz CT molecular complexity index is 1240. The Labute approximate surface area is 204 Å². The summed E-state index contributed by atoms with van der Waals surface area (Å²) in [7, 11) is 0. The van der Waals surface area contributed by atoms with Crippen LogP contribution in [0.25, 0.3) is 10.9 Å². The molecule has 34 heavy (non-hydrogen) atoms. The van der Waals surface area contributed by atoms with E-state index in [1.165, 1.54) is 11.1 Å². The van der Waals surface area contributed by atoms with Crippen molar-refractivity contribution in [1.82, 2.24) is 9.97 Å². The summed E-state index contributed by atoms with van der Waals surface area (Å²) in [5, 5.41) is 11.4. The average molecular weight is 481 g/mol. The van der Waals surface area contributed by atoms with Gasteiger partial charge in [0.2, 0.25) is 0 Å². The van der Waals surface area contributed by atoms with Crippen molar-refractivity contribution < 1.29 is 9.50 Å². The molecular weight excluding hydrogens is 451 g/mol. The molecule has 1 aromatic heterocycles. The zero-order chi connectivity index (χ0) is 23.4. The Kier molecular flexibility index (Phi) is 5.41. The van der Waals surface area contributed by atoms with Crippen LogP contribution < -0.4 is 9.80 Å². The maximum absolute atomic E-state index is 15.1. The molecule has 1 aliphatic carbocycles. The van der Waals surface area contributed by atoms with E-state index in [4.69, 9.17) is 16.6 Å². The number of alkyl halides is 1. The van der Waals surface area contributed by atoms with E-state index in [9.17, 15) is 5.11 Å². The van der Waals surface area contributed by atoms with Crippen LogP contribution in [0, 0.1) is 6.92 Å². The van der Waals surface area contributed by atoms with Gasteiger partial charge in [-0.2, -0.15) is 0 Å². The van der Waals surface area contributed by atoms with E-state index in [1.54, 1.807) is 0 Å². The molecule has 2 aromatic carbocycles. The number of rotatable bonds is 4. The number of piperidine rings is 1. The molecular formula is C27H30ClFN4O. The minimum absolute atomic E-state index is 0.266. The molecule has 1 atom stereocenters. The fourth-order valence-electron chi connectivity index (χ4n) is 5.54. The highest BCUT2D eigenvalue weighted by molar-refractivity contribution is 6.35. The molecule has 0 amide bonds. The second-order valence-corrected chi connectivity index (χ2v) is 10.6. The van der Waals surface area contributed by atoms with Gasteiger partial charge in [0.15, 0.2) is 11.5 Å². The van der Waals surface area contributed by atoms with Gasteiger partial charge in [-0.15, -0.1) is 0 Å². The minimum atomic E-state index is -1.43. The van der Waals surface area contributed by atoms with Crippen molar-refractivity contribution >= 4 is 34.0 Å². The third-order valence-corrected chi connectivity index (χ3v) is 8.05. The molecule has 2 saturated heterocycles. The largest absolute Gasteiger partial charge is 0.391 e. The number of nitrogens with zero attached hydrogens (tertiary/aromatic N) is 4. The SMILES string of the molecule is Cc1ccccc1C1CCN(c2nc(C3(F)CC3)nc3c(Cl)cc(N4CC[C@H](O)C4)cc23)CC1. The van der Waals surface area contributed by atoms with Gasteiger partial charge in [0, 0.05) is 37.3 Å². The van der Waals surface area contributed by atoms with Gasteiger partial charge in [0.05, 0.1) is 16.6 Å². The van der Waals surface area contributed by atoms with Gasteiger partial charge in [0.1, 0.15) is 5.82 Å². The van der Waals surface area contributed by atoms with E-state index in [-0.39, 0.29) is 11.9 Å². The molecule has 7 heteroatoms. The van der Waals surface area contributed by atoms with E-state index < -0.39 is 5.67 Å². The number of aryl methyl sites for hydroxylation is 1. The van der Waals surface area contributed by atoms with Crippen LogP contribution in [0.3, 0.4) is 0 Å². The fourth-order valence-corrected chi connectivity index (χ4v) is 5.80. The molecule has 178 valence electrons. The highest BCUT2D eigenvalue weighted by Crippen LogP contribution is 2.49. The number of aromatic nitrogens is 2. The van der Waals surface area contributed by atoms with Crippen LogP contribution in [0.15, 0.2) is 36.4 Å². The summed E-state index contributed by atoms with van der Waals surface area (Å²) >= 11 is 6.73. The molecule has 1 saturated carbocycles. The van der Waals surface area contributed by atoms with Crippen molar-refractivity contribution in [2.45, 2.75) is 56.7 Å². The average Bonchev–Trinajstić information content (AvgIpc) is 3.45. The number of anilines is 2. The summed E-state index contributed by atoms with van der Waals surface area (Å²) < 4.78 is 15.1. The Morgan fingerprint density at radius 2 is 1.76 bits per heavy atom. The van der Waals surface area contributed by atoms with E-state index >= 15 is 4.39 Å². The van der Waals surface area contributed by atoms with Crippen molar-refractivity contribution in [2.75, 3.05) is 36.0 Å². The van der Waals surface area contributed by atoms with Gasteiger partial charge in [-0.3, -0.25) is 0 Å². The standard InChI is InChI=1S/C27H30ClFN4O/c1-17-4-2-3-5-21(17)18-6-11-32(12-7-18)25-22-14-19(33-13-8-20(34)16-33)15-23(28)24(22)30-26(31-25)27(29)9-10-27/h2-5,14-15,18,20,34H,6-13,16H2,1H3/t20-/m0/s1. The van der Waals surface area contributed by atoms with Crippen molar-refractivity contribution in [1.29, 1.82) is 0 Å². The Hall–Kier alpha value is -2.44.